The second kappa shape index (κ2) is 6.93. The molecule has 1 saturated carbocycles. The number of benzene rings is 1. The lowest BCUT2D eigenvalue weighted by atomic mass is 9.78. The van der Waals surface area contributed by atoms with Gasteiger partial charge in [0.25, 0.3) is 0 Å². The van der Waals surface area contributed by atoms with E-state index in [2.05, 4.69) is 19.2 Å². The van der Waals surface area contributed by atoms with Crippen LogP contribution in [0.2, 0.25) is 0 Å². The Labute approximate surface area is 129 Å². The van der Waals surface area contributed by atoms with Crippen LogP contribution in [-0.2, 0) is 22.1 Å². The lowest BCUT2D eigenvalue weighted by molar-refractivity contribution is 0.206. The molecule has 118 valence electrons. The van der Waals surface area contributed by atoms with Crippen LogP contribution in [0.4, 0.5) is 0 Å². The van der Waals surface area contributed by atoms with Crippen LogP contribution >= 0.6 is 0 Å². The van der Waals surface area contributed by atoms with Gasteiger partial charge in [0, 0.05) is 18.8 Å². The zero-order valence-corrected chi connectivity index (χ0v) is 14.1. The van der Waals surface area contributed by atoms with E-state index in [0.29, 0.717) is 12.0 Å². The zero-order chi connectivity index (χ0) is 15.5. The molecule has 0 amide bonds. The van der Waals surface area contributed by atoms with Gasteiger partial charge >= 0.3 is 0 Å². The van der Waals surface area contributed by atoms with E-state index in [9.17, 15) is 8.42 Å². The number of hydrogen-bond donors (Lipinski definition) is 1. The van der Waals surface area contributed by atoms with Gasteiger partial charge in [-0.1, -0.05) is 51.0 Å². The van der Waals surface area contributed by atoms with Gasteiger partial charge in [0.05, 0.1) is 5.75 Å². The first-order chi connectivity index (χ1) is 9.87. The zero-order valence-electron chi connectivity index (χ0n) is 13.3. The van der Waals surface area contributed by atoms with Crippen molar-refractivity contribution in [2.75, 3.05) is 6.26 Å². The molecule has 0 radical (unpaired) electrons. The van der Waals surface area contributed by atoms with Crippen molar-refractivity contribution in [2.45, 2.75) is 51.4 Å². The molecule has 21 heavy (non-hydrogen) atoms. The Kier molecular flexibility index (Phi) is 5.44. The van der Waals surface area contributed by atoms with Crippen LogP contribution in [0.15, 0.2) is 24.3 Å². The van der Waals surface area contributed by atoms with Crippen LogP contribution in [0.5, 0.6) is 0 Å². The Balaban J connectivity index is 2.03. The van der Waals surface area contributed by atoms with Crippen molar-refractivity contribution in [3.8, 4) is 0 Å². The summed E-state index contributed by atoms with van der Waals surface area (Å²) in [5, 5.41) is 3.65. The van der Waals surface area contributed by atoms with Gasteiger partial charge in [-0.2, -0.15) is 0 Å². The molecule has 3 atom stereocenters. The molecule has 2 rings (SSSR count). The largest absolute Gasteiger partial charge is 0.310 e. The summed E-state index contributed by atoms with van der Waals surface area (Å²) < 4.78 is 23.1. The molecule has 0 bridgehead atoms. The highest BCUT2D eigenvalue weighted by Crippen LogP contribution is 2.29. The van der Waals surface area contributed by atoms with Crippen LogP contribution in [0.3, 0.4) is 0 Å². The number of rotatable bonds is 5. The molecule has 1 N–H and O–H groups in total. The molecular formula is C17H27NO2S. The minimum Gasteiger partial charge on any atom is -0.310 e. The van der Waals surface area contributed by atoms with E-state index in [1.54, 1.807) is 0 Å². The van der Waals surface area contributed by atoms with Crippen molar-refractivity contribution in [2.24, 2.45) is 11.8 Å². The fraction of sp³-hybridized carbons (Fsp3) is 0.647. The minimum absolute atomic E-state index is 0.126. The maximum absolute atomic E-state index is 11.5. The van der Waals surface area contributed by atoms with E-state index in [0.717, 1.165) is 23.6 Å². The van der Waals surface area contributed by atoms with Crippen molar-refractivity contribution in [1.29, 1.82) is 0 Å². The summed E-state index contributed by atoms with van der Waals surface area (Å²) in [6.07, 6.45) is 5.13. The molecule has 0 aromatic heterocycles. The first-order valence-electron chi connectivity index (χ1n) is 7.84. The maximum Gasteiger partial charge on any atom is 0.151 e. The highest BCUT2D eigenvalue weighted by Gasteiger charge is 2.26. The van der Waals surface area contributed by atoms with Gasteiger partial charge in [-0.15, -0.1) is 0 Å². The second-order valence-electron chi connectivity index (χ2n) is 6.59. The van der Waals surface area contributed by atoms with Gasteiger partial charge in [-0.25, -0.2) is 8.42 Å². The van der Waals surface area contributed by atoms with E-state index in [-0.39, 0.29) is 5.75 Å². The molecule has 0 saturated heterocycles. The van der Waals surface area contributed by atoms with Gasteiger partial charge in [0.15, 0.2) is 9.84 Å². The van der Waals surface area contributed by atoms with Crippen molar-refractivity contribution in [3.05, 3.63) is 35.4 Å². The summed E-state index contributed by atoms with van der Waals surface area (Å²) in [7, 11) is -2.99. The van der Waals surface area contributed by atoms with Gasteiger partial charge in [0.2, 0.25) is 0 Å². The molecule has 3 nitrogen and oxygen atoms in total. The fourth-order valence-corrected chi connectivity index (χ4v) is 4.11. The highest BCUT2D eigenvalue weighted by atomic mass is 32.2. The predicted octanol–water partition coefficient (Wildman–Crippen LogP) is 3.15. The average molecular weight is 309 g/mol. The fourth-order valence-electron chi connectivity index (χ4n) is 3.26. The summed E-state index contributed by atoms with van der Waals surface area (Å²) in [6.45, 7) is 5.41. The number of hydrogen-bond acceptors (Lipinski definition) is 3. The Morgan fingerprint density at radius 2 is 1.81 bits per heavy atom. The van der Waals surface area contributed by atoms with E-state index < -0.39 is 9.84 Å². The molecule has 1 aliphatic rings. The summed E-state index contributed by atoms with van der Waals surface area (Å²) >= 11 is 0. The standard InChI is InChI=1S/C17H27NO2S/c1-13-7-6-10-17(14(13)2)18-11-15-8-4-5-9-16(15)12-21(3,19)20/h4-5,8-9,13-14,17-18H,6-7,10-12H2,1-3H3. The van der Waals surface area contributed by atoms with Gasteiger partial charge in [0.1, 0.15) is 0 Å². The Bertz CT molecular complexity index is 568. The van der Waals surface area contributed by atoms with Crippen molar-refractivity contribution >= 4 is 9.84 Å². The molecule has 0 aliphatic heterocycles. The first-order valence-corrected chi connectivity index (χ1v) is 9.91. The second-order valence-corrected chi connectivity index (χ2v) is 8.73. The molecular weight excluding hydrogens is 282 g/mol. The monoisotopic (exact) mass is 309 g/mol. The third-order valence-electron chi connectivity index (χ3n) is 4.80. The van der Waals surface area contributed by atoms with E-state index in [1.165, 1.54) is 25.5 Å². The lowest BCUT2D eigenvalue weighted by Gasteiger charge is -2.35. The van der Waals surface area contributed by atoms with Gasteiger partial charge in [-0.3, -0.25) is 0 Å². The van der Waals surface area contributed by atoms with Crippen LogP contribution in [0.25, 0.3) is 0 Å². The van der Waals surface area contributed by atoms with Crippen LogP contribution in [-0.4, -0.2) is 20.7 Å². The summed E-state index contributed by atoms with van der Waals surface area (Å²) in [5.41, 5.74) is 2.03. The SMILES string of the molecule is CC1CCCC(NCc2ccccc2CS(C)(=O)=O)C1C. The van der Waals surface area contributed by atoms with E-state index >= 15 is 0 Å². The van der Waals surface area contributed by atoms with Crippen LogP contribution < -0.4 is 5.32 Å². The average Bonchev–Trinajstić information content (AvgIpc) is 2.40. The van der Waals surface area contributed by atoms with Gasteiger partial charge in [-0.05, 0) is 29.4 Å². The first kappa shape index (κ1) is 16.5. The topological polar surface area (TPSA) is 46.2 Å². The van der Waals surface area contributed by atoms with Crippen LogP contribution in [0, 0.1) is 11.8 Å². The maximum atomic E-state index is 11.5. The predicted molar refractivity (Wildman–Crippen MR) is 87.8 cm³/mol. The quantitative estimate of drug-likeness (QED) is 0.909. The molecule has 1 aromatic rings. The van der Waals surface area contributed by atoms with Crippen molar-refractivity contribution in [3.63, 3.8) is 0 Å². The number of nitrogens with one attached hydrogen (secondary N) is 1. The lowest BCUT2D eigenvalue weighted by Crippen LogP contribution is -2.40. The molecule has 0 heterocycles. The van der Waals surface area contributed by atoms with E-state index in [4.69, 9.17) is 0 Å². The van der Waals surface area contributed by atoms with E-state index in [1.807, 2.05) is 24.3 Å². The third kappa shape index (κ3) is 4.82. The molecule has 0 spiro atoms. The number of sulfone groups is 1. The summed E-state index contributed by atoms with van der Waals surface area (Å²) in [4.78, 5) is 0. The summed E-state index contributed by atoms with van der Waals surface area (Å²) in [5.74, 6) is 1.57. The normalized spacial score (nSPS) is 26.7. The highest BCUT2D eigenvalue weighted by molar-refractivity contribution is 7.89. The smallest absolute Gasteiger partial charge is 0.151 e. The van der Waals surface area contributed by atoms with Crippen molar-refractivity contribution in [1.82, 2.24) is 5.32 Å². The minimum atomic E-state index is -2.99. The molecule has 1 fully saturated rings. The molecule has 3 unspecified atom stereocenters. The van der Waals surface area contributed by atoms with Crippen molar-refractivity contribution < 1.29 is 8.42 Å². The Hall–Kier alpha value is -0.870. The Morgan fingerprint density at radius 1 is 1.14 bits per heavy atom. The Morgan fingerprint density at radius 3 is 2.48 bits per heavy atom. The molecule has 4 heteroatoms. The van der Waals surface area contributed by atoms with Crippen LogP contribution in [0.1, 0.15) is 44.2 Å². The molecule has 1 aromatic carbocycles. The third-order valence-corrected chi connectivity index (χ3v) is 5.63. The summed E-state index contributed by atoms with van der Waals surface area (Å²) in [6, 6.07) is 8.39. The van der Waals surface area contributed by atoms with Gasteiger partial charge < -0.3 is 5.32 Å². The molecule has 1 aliphatic carbocycles.